The molecule has 9 heteroatoms. The smallest absolute Gasteiger partial charge is 0.310 e. The summed E-state index contributed by atoms with van der Waals surface area (Å²) in [6, 6.07) is 4.37. The van der Waals surface area contributed by atoms with E-state index in [9.17, 15) is 24.5 Å². The molecule has 2 aliphatic rings. The Morgan fingerprint density at radius 1 is 1.25 bits per heavy atom. The molecule has 1 aromatic rings. The minimum absolute atomic E-state index is 0.187. The van der Waals surface area contributed by atoms with Crippen molar-refractivity contribution in [3.05, 3.63) is 28.3 Å². The molecule has 0 aromatic heterocycles. The number of amides is 2. The number of anilines is 2. The number of carbonyl (C=O) groups excluding carboxylic acids is 3. The summed E-state index contributed by atoms with van der Waals surface area (Å²) in [5, 5.41) is 11.7. The highest BCUT2D eigenvalue weighted by molar-refractivity contribution is 6.16. The number of hydrogen-bond donors (Lipinski definition) is 0. The molecule has 0 unspecified atom stereocenters. The second kappa shape index (κ2) is 8.37. The van der Waals surface area contributed by atoms with Crippen molar-refractivity contribution in [3.63, 3.8) is 0 Å². The van der Waals surface area contributed by atoms with Crippen LogP contribution in [0.5, 0.6) is 0 Å². The standard InChI is InChI=1S/C19H23N3O6/c1-2-28-19(25)13-5-4-10-20(12-13)15-9-8-14(11-16(15)22(26)27)21-17(23)6-3-7-18(21)24/h8-9,11,13H,2-7,10,12H2,1H3/t13-/m1/s1. The third kappa shape index (κ3) is 3.97. The number of rotatable bonds is 5. The van der Waals surface area contributed by atoms with Crippen LogP contribution in [-0.4, -0.2) is 42.4 Å². The van der Waals surface area contributed by atoms with Crippen LogP contribution in [0.2, 0.25) is 0 Å². The lowest BCUT2D eigenvalue weighted by Crippen LogP contribution is -2.41. The molecule has 2 amide bonds. The van der Waals surface area contributed by atoms with E-state index in [2.05, 4.69) is 0 Å². The van der Waals surface area contributed by atoms with Crippen molar-refractivity contribution in [1.29, 1.82) is 0 Å². The Morgan fingerprint density at radius 2 is 1.96 bits per heavy atom. The summed E-state index contributed by atoms with van der Waals surface area (Å²) in [6.07, 6.45) is 2.38. The Labute approximate surface area is 162 Å². The van der Waals surface area contributed by atoms with Gasteiger partial charge in [0.2, 0.25) is 11.8 Å². The third-order valence-electron chi connectivity index (χ3n) is 5.08. The molecule has 2 heterocycles. The van der Waals surface area contributed by atoms with E-state index in [1.54, 1.807) is 24.0 Å². The Balaban J connectivity index is 1.89. The number of benzene rings is 1. The number of ether oxygens (including phenoxy) is 1. The molecule has 2 aliphatic heterocycles. The number of imide groups is 1. The molecule has 0 spiro atoms. The molecule has 1 atom stereocenters. The lowest BCUT2D eigenvalue weighted by molar-refractivity contribution is -0.384. The maximum Gasteiger partial charge on any atom is 0.310 e. The fourth-order valence-corrected chi connectivity index (χ4v) is 3.75. The lowest BCUT2D eigenvalue weighted by Gasteiger charge is -2.33. The zero-order valence-corrected chi connectivity index (χ0v) is 15.8. The van der Waals surface area contributed by atoms with Crippen molar-refractivity contribution in [2.24, 2.45) is 5.92 Å². The summed E-state index contributed by atoms with van der Waals surface area (Å²) in [6.45, 7) is 2.95. The van der Waals surface area contributed by atoms with E-state index in [0.717, 1.165) is 4.90 Å². The highest BCUT2D eigenvalue weighted by atomic mass is 16.6. The SMILES string of the molecule is CCOC(=O)[C@@H]1CCCN(c2ccc(N3C(=O)CCCC3=O)cc2[N+](=O)[O-])C1. The minimum atomic E-state index is -0.522. The first-order valence-corrected chi connectivity index (χ1v) is 9.48. The maximum atomic E-state index is 12.1. The van der Waals surface area contributed by atoms with Gasteiger partial charge in [-0.15, -0.1) is 0 Å². The summed E-state index contributed by atoms with van der Waals surface area (Å²) in [7, 11) is 0. The van der Waals surface area contributed by atoms with Gasteiger partial charge >= 0.3 is 5.97 Å². The Bertz CT molecular complexity index is 793. The van der Waals surface area contributed by atoms with Gasteiger partial charge in [-0.1, -0.05) is 0 Å². The molecule has 1 aromatic carbocycles. The molecule has 150 valence electrons. The number of nitro groups is 1. The van der Waals surface area contributed by atoms with Gasteiger partial charge in [0, 0.05) is 32.0 Å². The fourth-order valence-electron chi connectivity index (χ4n) is 3.75. The third-order valence-corrected chi connectivity index (χ3v) is 5.08. The van der Waals surface area contributed by atoms with Crippen LogP contribution in [0.4, 0.5) is 17.1 Å². The zero-order valence-electron chi connectivity index (χ0n) is 15.8. The molecule has 3 rings (SSSR count). The maximum absolute atomic E-state index is 12.1. The van der Waals surface area contributed by atoms with E-state index in [0.29, 0.717) is 44.6 Å². The summed E-state index contributed by atoms with van der Waals surface area (Å²) < 4.78 is 5.08. The fraction of sp³-hybridized carbons (Fsp3) is 0.526. The van der Waals surface area contributed by atoms with E-state index >= 15 is 0 Å². The quantitative estimate of drug-likeness (QED) is 0.329. The van der Waals surface area contributed by atoms with Gasteiger partial charge in [-0.25, -0.2) is 0 Å². The van der Waals surface area contributed by atoms with Crippen molar-refractivity contribution >= 4 is 34.8 Å². The second-order valence-corrected chi connectivity index (χ2v) is 6.94. The van der Waals surface area contributed by atoms with Gasteiger partial charge in [0.1, 0.15) is 5.69 Å². The molecular weight excluding hydrogens is 366 g/mol. The highest BCUT2D eigenvalue weighted by Gasteiger charge is 2.32. The van der Waals surface area contributed by atoms with Crippen LogP contribution in [0.1, 0.15) is 39.0 Å². The Hall–Kier alpha value is -2.97. The summed E-state index contributed by atoms with van der Waals surface area (Å²) in [5.74, 6) is -1.33. The van der Waals surface area contributed by atoms with Crippen molar-refractivity contribution in [2.75, 3.05) is 29.5 Å². The molecule has 0 radical (unpaired) electrons. The van der Waals surface area contributed by atoms with Gasteiger partial charge in [-0.3, -0.25) is 29.4 Å². The van der Waals surface area contributed by atoms with Gasteiger partial charge in [0.25, 0.3) is 5.69 Å². The molecule has 9 nitrogen and oxygen atoms in total. The number of nitro benzene ring substituents is 1. The van der Waals surface area contributed by atoms with Crippen molar-refractivity contribution < 1.29 is 24.0 Å². The number of piperidine rings is 2. The number of hydrogen-bond acceptors (Lipinski definition) is 7. The summed E-state index contributed by atoms with van der Waals surface area (Å²) in [5.41, 5.74) is 0.400. The van der Waals surface area contributed by atoms with Gasteiger partial charge in [0.15, 0.2) is 0 Å². The van der Waals surface area contributed by atoms with E-state index < -0.39 is 4.92 Å². The highest BCUT2D eigenvalue weighted by Crippen LogP contribution is 2.36. The number of esters is 1. The molecule has 2 saturated heterocycles. The van der Waals surface area contributed by atoms with E-state index in [1.165, 1.54) is 6.07 Å². The normalized spacial score (nSPS) is 20.2. The van der Waals surface area contributed by atoms with Crippen LogP contribution in [0.25, 0.3) is 0 Å². The molecule has 0 aliphatic carbocycles. The minimum Gasteiger partial charge on any atom is -0.466 e. The Kier molecular flexibility index (Phi) is 5.91. The first-order chi connectivity index (χ1) is 13.4. The average Bonchev–Trinajstić information content (AvgIpc) is 2.68. The van der Waals surface area contributed by atoms with E-state index in [4.69, 9.17) is 4.74 Å². The zero-order chi connectivity index (χ0) is 20.3. The number of nitrogens with zero attached hydrogens (tertiary/aromatic N) is 3. The van der Waals surface area contributed by atoms with E-state index in [-0.39, 0.29) is 47.9 Å². The number of carbonyl (C=O) groups is 3. The predicted molar refractivity (Wildman–Crippen MR) is 101 cm³/mol. The van der Waals surface area contributed by atoms with Gasteiger partial charge in [-0.2, -0.15) is 0 Å². The summed E-state index contributed by atoms with van der Waals surface area (Å²) >= 11 is 0. The van der Waals surface area contributed by atoms with Gasteiger partial charge < -0.3 is 9.64 Å². The lowest BCUT2D eigenvalue weighted by atomic mass is 9.97. The van der Waals surface area contributed by atoms with E-state index in [1.807, 2.05) is 0 Å². The molecular formula is C19H23N3O6. The van der Waals surface area contributed by atoms with Crippen LogP contribution in [0.15, 0.2) is 18.2 Å². The first kappa shape index (κ1) is 19.8. The van der Waals surface area contributed by atoms with Crippen LogP contribution in [-0.2, 0) is 19.1 Å². The van der Waals surface area contributed by atoms with Gasteiger partial charge in [-0.05, 0) is 38.3 Å². The molecule has 2 fully saturated rings. The van der Waals surface area contributed by atoms with Crippen LogP contribution in [0, 0.1) is 16.0 Å². The Morgan fingerprint density at radius 3 is 2.61 bits per heavy atom. The van der Waals surface area contributed by atoms with Crippen LogP contribution < -0.4 is 9.80 Å². The van der Waals surface area contributed by atoms with Crippen molar-refractivity contribution in [2.45, 2.75) is 39.0 Å². The summed E-state index contributed by atoms with van der Waals surface area (Å²) in [4.78, 5) is 50.3. The molecule has 0 bridgehead atoms. The van der Waals surface area contributed by atoms with Gasteiger partial charge in [0.05, 0.1) is 23.1 Å². The van der Waals surface area contributed by atoms with Crippen LogP contribution >= 0.6 is 0 Å². The average molecular weight is 389 g/mol. The molecule has 28 heavy (non-hydrogen) atoms. The predicted octanol–water partition coefficient (Wildman–Crippen LogP) is 2.42. The largest absolute Gasteiger partial charge is 0.466 e. The topological polar surface area (TPSA) is 110 Å². The molecule has 0 N–H and O–H groups in total. The second-order valence-electron chi connectivity index (χ2n) is 6.94. The first-order valence-electron chi connectivity index (χ1n) is 9.48. The molecule has 0 saturated carbocycles. The van der Waals surface area contributed by atoms with Crippen molar-refractivity contribution in [3.8, 4) is 0 Å². The van der Waals surface area contributed by atoms with Crippen LogP contribution in [0.3, 0.4) is 0 Å². The monoisotopic (exact) mass is 389 g/mol. The van der Waals surface area contributed by atoms with Crippen molar-refractivity contribution in [1.82, 2.24) is 0 Å².